The number of hydrogen-bond donors (Lipinski definition) is 1. The lowest BCUT2D eigenvalue weighted by Gasteiger charge is -2.23. The molecule has 1 aromatic heterocycles. The summed E-state index contributed by atoms with van der Waals surface area (Å²) in [5, 5.41) is 2.67. The highest BCUT2D eigenvalue weighted by molar-refractivity contribution is 7.91. The largest absolute Gasteiger partial charge is 0.454 e. The van der Waals surface area contributed by atoms with Gasteiger partial charge in [-0.1, -0.05) is 12.1 Å². The number of aromatic amines is 1. The zero-order valence-corrected chi connectivity index (χ0v) is 15.9. The summed E-state index contributed by atoms with van der Waals surface area (Å²) < 4.78 is 28.7. The number of nitrogens with zero attached hydrogens (tertiary/aromatic N) is 2. The molecule has 10 nitrogen and oxygen atoms in total. The zero-order valence-electron chi connectivity index (χ0n) is 15.1. The molecule has 1 N–H and O–H groups in total. The van der Waals surface area contributed by atoms with E-state index in [1.54, 1.807) is 12.1 Å². The van der Waals surface area contributed by atoms with Crippen molar-refractivity contribution in [3.63, 3.8) is 0 Å². The summed E-state index contributed by atoms with van der Waals surface area (Å²) in [4.78, 5) is 49.7. The van der Waals surface area contributed by atoms with Crippen molar-refractivity contribution < 1.29 is 22.7 Å². The van der Waals surface area contributed by atoms with E-state index >= 15 is 0 Å². The number of amides is 1. The fourth-order valence-electron chi connectivity index (χ4n) is 3.06. The normalized spacial score (nSPS) is 18.1. The molecule has 1 fully saturated rings. The second-order valence-electron chi connectivity index (χ2n) is 6.60. The van der Waals surface area contributed by atoms with Gasteiger partial charge in [-0.2, -0.15) is 0 Å². The number of H-pyrrole nitrogens is 1. The molecule has 1 atom stereocenters. The fourth-order valence-corrected chi connectivity index (χ4v) is 4.84. The highest BCUT2D eigenvalue weighted by atomic mass is 32.2. The molecule has 0 spiro atoms. The lowest BCUT2D eigenvalue weighted by molar-refractivity contribution is -0.152. The minimum atomic E-state index is -3.15. The Hall–Kier alpha value is -2.95. The van der Waals surface area contributed by atoms with E-state index < -0.39 is 52.0 Å². The third kappa shape index (κ3) is 4.14. The van der Waals surface area contributed by atoms with Crippen molar-refractivity contribution in [1.82, 2.24) is 14.7 Å². The monoisotopic (exact) mass is 409 g/mol. The topological polar surface area (TPSA) is 136 Å². The number of esters is 1. The second-order valence-corrected chi connectivity index (χ2v) is 8.83. The van der Waals surface area contributed by atoms with E-state index in [9.17, 15) is 27.6 Å². The molecule has 1 amide bonds. The molecular weight excluding hydrogens is 390 g/mol. The second kappa shape index (κ2) is 7.58. The Kier molecular flexibility index (Phi) is 5.36. The molecule has 0 bridgehead atoms. The Balaban J connectivity index is 1.63. The van der Waals surface area contributed by atoms with E-state index in [0.29, 0.717) is 6.42 Å². The van der Waals surface area contributed by atoms with Crippen LogP contribution in [0.4, 0.5) is 0 Å². The molecule has 0 radical (unpaired) electrons. The van der Waals surface area contributed by atoms with Crippen molar-refractivity contribution in [3.8, 4) is 0 Å². The number of nitrogens with one attached hydrogen (secondary N) is 1. The first-order valence-corrected chi connectivity index (χ1v) is 10.3. The van der Waals surface area contributed by atoms with E-state index in [-0.39, 0.29) is 22.3 Å². The van der Waals surface area contributed by atoms with Crippen LogP contribution in [0.2, 0.25) is 0 Å². The van der Waals surface area contributed by atoms with Crippen LogP contribution in [-0.2, 0) is 30.7 Å². The number of aromatic nitrogens is 2. The highest BCUT2D eigenvalue weighted by Gasteiger charge is 2.32. The van der Waals surface area contributed by atoms with Gasteiger partial charge in [0.05, 0.1) is 22.3 Å². The van der Waals surface area contributed by atoms with Crippen molar-refractivity contribution in [2.75, 3.05) is 25.2 Å². The number of benzene rings is 1. The van der Waals surface area contributed by atoms with Gasteiger partial charge in [0, 0.05) is 13.1 Å². The Labute approximate surface area is 159 Å². The van der Waals surface area contributed by atoms with Crippen LogP contribution < -0.4 is 11.1 Å². The van der Waals surface area contributed by atoms with E-state index in [4.69, 9.17) is 4.74 Å². The Morgan fingerprint density at radius 3 is 2.57 bits per heavy atom. The first-order valence-electron chi connectivity index (χ1n) is 8.51. The lowest BCUT2D eigenvalue weighted by Crippen LogP contribution is -2.40. The average Bonchev–Trinajstić information content (AvgIpc) is 3.03. The van der Waals surface area contributed by atoms with E-state index in [1.165, 1.54) is 24.1 Å². The molecule has 0 saturated carbocycles. The molecule has 1 aliphatic rings. The summed E-state index contributed by atoms with van der Waals surface area (Å²) in [7, 11) is -1.69. The van der Waals surface area contributed by atoms with E-state index in [2.05, 4.69) is 5.10 Å². The Morgan fingerprint density at radius 2 is 1.93 bits per heavy atom. The van der Waals surface area contributed by atoms with Crippen molar-refractivity contribution in [1.29, 1.82) is 0 Å². The molecule has 2 heterocycles. The van der Waals surface area contributed by atoms with Crippen molar-refractivity contribution in [3.05, 3.63) is 45.0 Å². The number of hydrogen-bond acceptors (Lipinski definition) is 7. The summed E-state index contributed by atoms with van der Waals surface area (Å²) in [6.07, 6.45) is 0.340. The number of carbonyl (C=O) groups excluding carboxylic acids is 2. The quantitative estimate of drug-likeness (QED) is 0.618. The van der Waals surface area contributed by atoms with Gasteiger partial charge < -0.3 is 9.64 Å². The van der Waals surface area contributed by atoms with Crippen molar-refractivity contribution in [2.24, 2.45) is 0 Å². The van der Waals surface area contributed by atoms with Crippen LogP contribution >= 0.6 is 0 Å². The number of ether oxygens (including phenoxy) is 1. The summed E-state index contributed by atoms with van der Waals surface area (Å²) >= 11 is 0. The molecule has 0 unspecified atom stereocenters. The molecule has 150 valence electrons. The summed E-state index contributed by atoms with van der Waals surface area (Å²) in [6, 6.07) is 5.74. The van der Waals surface area contributed by atoms with E-state index in [1.807, 2.05) is 0 Å². The van der Waals surface area contributed by atoms with Gasteiger partial charge in [0.15, 0.2) is 16.4 Å². The molecule has 1 aromatic carbocycles. The third-order valence-electron chi connectivity index (χ3n) is 4.68. The zero-order chi connectivity index (χ0) is 20.5. The molecule has 3 rings (SSSR count). The summed E-state index contributed by atoms with van der Waals surface area (Å²) in [6.45, 7) is -1.15. The van der Waals surface area contributed by atoms with Crippen LogP contribution in [0.3, 0.4) is 0 Å². The molecular formula is C17H19N3O7S. The van der Waals surface area contributed by atoms with Crippen LogP contribution in [0, 0.1) is 0 Å². The minimum Gasteiger partial charge on any atom is -0.454 e. The predicted molar refractivity (Wildman–Crippen MR) is 99.6 cm³/mol. The van der Waals surface area contributed by atoms with E-state index in [0.717, 1.165) is 4.68 Å². The SMILES string of the molecule is CN(C(=O)COC(=O)Cn1[nH]c(=O)c2ccccc2c1=O)[C@@H]1CCS(=O)(=O)C1. The van der Waals surface area contributed by atoms with Crippen molar-refractivity contribution >= 4 is 32.5 Å². The summed E-state index contributed by atoms with van der Waals surface area (Å²) in [5.74, 6) is -1.52. The molecule has 2 aromatic rings. The standard InChI is InChI=1S/C17H19N3O7S/c1-19(11-6-7-28(25,26)10-11)14(21)9-27-15(22)8-20-17(24)13-5-3-2-4-12(13)16(23)18-20/h2-5,11H,6-10H2,1H3,(H,18,23)/t11-/m1/s1. The predicted octanol–water partition coefficient (Wildman–Crippen LogP) is -1.12. The molecule has 1 aliphatic heterocycles. The number of rotatable bonds is 5. The molecule has 1 saturated heterocycles. The van der Waals surface area contributed by atoms with Crippen LogP contribution in [0.1, 0.15) is 6.42 Å². The molecule has 28 heavy (non-hydrogen) atoms. The first-order chi connectivity index (χ1) is 13.2. The Morgan fingerprint density at radius 1 is 1.25 bits per heavy atom. The van der Waals surface area contributed by atoms with Gasteiger partial charge in [-0.3, -0.25) is 24.3 Å². The molecule has 11 heteroatoms. The fraction of sp³-hybridized carbons (Fsp3) is 0.412. The number of likely N-dealkylation sites (N-methyl/N-ethyl adjacent to an activating group) is 1. The number of fused-ring (bicyclic) bond motifs is 1. The van der Waals surface area contributed by atoms with Gasteiger partial charge in [-0.15, -0.1) is 0 Å². The maximum Gasteiger partial charge on any atom is 0.328 e. The molecule has 0 aliphatic carbocycles. The van der Waals surface area contributed by atoms with Gasteiger partial charge in [-0.25, -0.2) is 13.1 Å². The van der Waals surface area contributed by atoms with Crippen LogP contribution in [-0.4, -0.2) is 66.2 Å². The highest BCUT2D eigenvalue weighted by Crippen LogP contribution is 2.16. The number of carbonyl (C=O) groups is 2. The van der Waals surface area contributed by atoms with Crippen LogP contribution in [0.15, 0.2) is 33.9 Å². The van der Waals surface area contributed by atoms with Crippen LogP contribution in [0.25, 0.3) is 10.8 Å². The maximum atomic E-state index is 12.4. The number of sulfone groups is 1. The summed E-state index contributed by atoms with van der Waals surface area (Å²) in [5.41, 5.74) is -1.09. The van der Waals surface area contributed by atoms with Crippen LogP contribution in [0.5, 0.6) is 0 Å². The lowest BCUT2D eigenvalue weighted by atomic mass is 10.2. The maximum absolute atomic E-state index is 12.4. The van der Waals surface area contributed by atoms with Gasteiger partial charge >= 0.3 is 5.97 Å². The Bertz CT molecular complexity index is 1150. The third-order valence-corrected chi connectivity index (χ3v) is 6.43. The van der Waals surface area contributed by atoms with Gasteiger partial charge in [0.25, 0.3) is 17.0 Å². The smallest absolute Gasteiger partial charge is 0.328 e. The van der Waals surface area contributed by atoms with Gasteiger partial charge in [-0.05, 0) is 18.6 Å². The van der Waals surface area contributed by atoms with Crippen molar-refractivity contribution in [2.45, 2.75) is 19.0 Å². The van der Waals surface area contributed by atoms with Gasteiger partial charge in [0.1, 0.15) is 6.54 Å². The average molecular weight is 409 g/mol. The minimum absolute atomic E-state index is 0.0211. The first kappa shape index (κ1) is 19.8. The van der Waals surface area contributed by atoms with Gasteiger partial charge in [0.2, 0.25) is 0 Å².